The van der Waals surface area contributed by atoms with Crippen LogP contribution >= 0.6 is 0 Å². The van der Waals surface area contributed by atoms with Gasteiger partial charge in [-0.2, -0.15) is 0 Å². The van der Waals surface area contributed by atoms with Crippen molar-refractivity contribution in [1.82, 2.24) is 9.62 Å². The molecule has 88 valence electrons. The number of amides is 1. The Morgan fingerprint density at radius 1 is 1.47 bits per heavy atom. The fourth-order valence-corrected chi connectivity index (χ4v) is 3.07. The summed E-state index contributed by atoms with van der Waals surface area (Å²) in [4.78, 5) is 11.5. The van der Waals surface area contributed by atoms with E-state index in [9.17, 15) is 13.2 Å². The van der Waals surface area contributed by atoms with Gasteiger partial charge in [0, 0.05) is 12.0 Å². The summed E-state index contributed by atoms with van der Waals surface area (Å²) in [6.45, 7) is 3.93. The summed E-state index contributed by atoms with van der Waals surface area (Å²) >= 11 is 0. The molecule has 15 heavy (non-hydrogen) atoms. The van der Waals surface area contributed by atoms with E-state index >= 15 is 0 Å². The lowest BCUT2D eigenvalue weighted by molar-refractivity contribution is -0.127. The van der Waals surface area contributed by atoms with Crippen LogP contribution in [0.3, 0.4) is 0 Å². The molecule has 1 fully saturated rings. The van der Waals surface area contributed by atoms with Crippen molar-refractivity contribution in [1.29, 1.82) is 0 Å². The second-order valence-corrected chi connectivity index (χ2v) is 6.47. The summed E-state index contributed by atoms with van der Waals surface area (Å²) in [7, 11) is -1.62. The zero-order valence-electron chi connectivity index (χ0n) is 9.41. The van der Waals surface area contributed by atoms with Crippen molar-refractivity contribution < 1.29 is 13.2 Å². The number of sulfonamides is 1. The van der Waals surface area contributed by atoms with E-state index in [2.05, 4.69) is 5.32 Å². The van der Waals surface area contributed by atoms with E-state index in [1.165, 1.54) is 0 Å². The van der Waals surface area contributed by atoms with E-state index < -0.39 is 10.0 Å². The largest absolute Gasteiger partial charge is 0.313 e. The zero-order valence-corrected chi connectivity index (χ0v) is 10.2. The van der Waals surface area contributed by atoms with Crippen molar-refractivity contribution in [2.75, 3.05) is 19.3 Å². The molecule has 1 rings (SSSR count). The number of nitrogens with zero attached hydrogens (tertiary/aromatic N) is 1. The van der Waals surface area contributed by atoms with Crippen LogP contribution in [0.4, 0.5) is 0 Å². The summed E-state index contributed by atoms with van der Waals surface area (Å²) < 4.78 is 24.3. The molecule has 0 radical (unpaired) electrons. The molecule has 1 amide bonds. The van der Waals surface area contributed by atoms with Gasteiger partial charge in [-0.15, -0.1) is 0 Å². The van der Waals surface area contributed by atoms with Crippen LogP contribution in [0.15, 0.2) is 0 Å². The van der Waals surface area contributed by atoms with Crippen LogP contribution in [-0.2, 0) is 14.8 Å². The average Bonchev–Trinajstić information content (AvgIpc) is 2.12. The standard InChI is InChI=1S/C9H18N2O3S/c1-9(2,10-3)7-11-8(12)5-4-6-15(11,13)14/h10H,4-7H2,1-3H3. The van der Waals surface area contributed by atoms with Crippen LogP contribution < -0.4 is 5.32 Å². The predicted molar refractivity (Wildman–Crippen MR) is 57.9 cm³/mol. The molecule has 0 bridgehead atoms. The van der Waals surface area contributed by atoms with Gasteiger partial charge in [-0.3, -0.25) is 4.79 Å². The highest BCUT2D eigenvalue weighted by Crippen LogP contribution is 2.18. The topological polar surface area (TPSA) is 66.5 Å². The van der Waals surface area contributed by atoms with Crippen molar-refractivity contribution in [2.24, 2.45) is 0 Å². The molecule has 0 aromatic carbocycles. The Bertz CT molecular complexity index is 348. The third-order valence-electron chi connectivity index (χ3n) is 2.62. The molecule has 0 unspecified atom stereocenters. The Morgan fingerprint density at radius 3 is 2.53 bits per heavy atom. The second-order valence-electron chi connectivity index (χ2n) is 4.45. The molecule has 0 aromatic heterocycles. The molecule has 1 aliphatic rings. The molecular formula is C9H18N2O3S. The van der Waals surface area contributed by atoms with Gasteiger partial charge >= 0.3 is 0 Å². The van der Waals surface area contributed by atoms with Crippen LogP contribution in [0.25, 0.3) is 0 Å². The highest BCUT2D eigenvalue weighted by atomic mass is 32.2. The lowest BCUT2D eigenvalue weighted by Crippen LogP contribution is -2.53. The minimum absolute atomic E-state index is 0.0819. The van der Waals surface area contributed by atoms with Crippen LogP contribution in [-0.4, -0.2) is 43.5 Å². The molecule has 6 heteroatoms. The normalized spacial score (nSPS) is 21.8. The maximum absolute atomic E-state index is 11.7. The maximum Gasteiger partial charge on any atom is 0.237 e. The molecule has 0 aromatic rings. The van der Waals surface area contributed by atoms with Crippen LogP contribution in [0, 0.1) is 0 Å². The van der Waals surface area contributed by atoms with E-state index in [4.69, 9.17) is 0 Å². The molecule has 1 N–H and O–H groups in total. The molecule has 1 heterocycles. The SMILES string of the molecule is CNC(C)(C)CN1C(=O)CCCS1(=O)=O. The Morgan fingerprint density at radius 2 is 2.07 bits per heavy atom. The molecular weight excluding hydrogens is 216 g/mol. The first-order valence-corrected chi connectivity index (χ1v) is 6.61. The highest BCUT2D eigenvalue weighted by Gasteiger charge is 2.35. The Kier molecular flexibility index (Phi) is 3.40. The van der Waals surface area contributed by atoms with Crippen molar-refractivity contribution in [2.45, 2.75) is 32.2 Å². The van der Waals surface area contributed by atoms with Crippen molar-refractivity contribution in [3.8, 4) is 0 Å². The van der Waals surface area contributed by atoms with E-state index in [0.717, 1.165) is 4.31 Å². The van der Waals surface area contributed by atoms with E-state index in [0.29, 0.717) is 12.8 Å². The Balaban J connectivity index is 2.86. The third kappa shape index (κ3) is 2.92. The van der Waals surface area contributed by atoms with Gasteiger partial charge in [-0.05, 0) is 27.3 Å². The van der Waals surface area contributed by atoms with E-state index in [1.807, 2.05) is 13.8 Å². The van der Waals surface area contributed by atoms with Crippen molar-refractivity contribution in [3.05, 3.63) is 0 Å². The number of likely N-dealkylation sites (N-methyl/N-ethyl adjacent to an activating group) is 1. The molecule has 0 aliphatic carbocycles. The van der Waals surface area contributed by atoms with Gasteiger partial charge in [0.05, 0.1) is 12.3 Å². The van der Waals surface area contributed by atoms with Crippen molar-refractivity contribution in [3.63, 3.8) is 0 Å². The lowest BCUT2D eigenvalue weighted by atomic mass is 10.1. The number of hydrogen-bond acceptors (Lipinski definition) is 4. The minimum atomic E-state index is -3.37. The van der Waals surface area contributed by atoms with Crippen LogP contribution in [0.5, 0.6) is 0 Å². The first kappa shape index (κ1) is 12.4. The Hall–Kier alpha value is -0.620. The molecule has 1 aliphatic heterocycles. The first-order valence-electron chi connectivity index (χ1n) is 5.01. The summed E-state index contributed by atoms with van der Waals surface area (Å²) in [6, 6.07) is 0. The van der Waals surface area contributed by atoms with Gasteiger partial charge in [0.25, 0.3) is 0 Å². The predicted octanol–water partition coefficient (Wildman–Crippen LogP) is -0.0634. The van der Waals surface area contributed by atoms with Gasteiger partial charge in [0.1, 0.15) is 0 Å². The summed E-state index contributed by atoms with van der Waals surface area (Å²) in [6.07, 6.45) is 0.774. The number of nitrogens with one attached hydrogen (secondary N) is 1. The zero-order chi connectivity index (χ0) is 11.7. The monoisotopic (exact) mass is 234 g/mol. The first-order chi connectivity index (χ1) is 6.78. The van der Waals surface area contributed by atoms with Gasteiger partial charge in [0.15, 0.2) is 0 Å². The highest BCUT2D eigenvalue weighted by molar-refractivity contribution is 7.89. The quantitative estimate of drug-likeness (QED) is 0.742. The average molecular weight is 234 g/mol. The van der Waals surface area contributed by atoms with Gasteiger partial charge in [-0.1, -0.05) is 0 Å². The molecule has 1 saturated heterocycles. The van der Waals surface area contributed by atoms with Crippen molar-refractivity contribution >= 4 is 15.9 Å². The number of carbonyl (C=O) groups excluding carboxylic acids is 1. The third-order valence-corrected chi connectivity index (χ3v) is 4.43. The molecule has 0 saturated carbocycles. The Labute approximate surface area is 90.9 Å². The molecule has 0 spiro atoms. The van der Waals surface area contributed by atoms with E-state index in [-0.39, 0.29) is 23.7 Å². The molecule has 5 nitrogen and oxygen atoms in total. The fraction of sp³-hybridized carbons (Fsp3) is 0.889. The fourth-order valence-electron chi connectivity index (χ4n) is 1.42. The van der Waals surface area contributed by atoms with Gasteiger partial charge < -0.3 is 5.32 Å². The number of rotatable bonds is 3. The number of carbonyl (C=O) groups is 1. The minimum Gasteiger partial charge on any atom is -0.313 e. The number of hydrogen-bond donors (Lipinski definition) is 1. The van der Waals surface area contributed by atoms with Crippen LogP contribution in [0.1, 0.15) is 26.7 Å². The molecule has 0 atom stereocenters. The maximum atomic E-state index is 11.7. The summed E-state index contributed by atoms with van der Waals surface area (Å²) in [5, 5.41) is 2.99. The van der Waals surface area contributed by atoms with Gasteiger partial charge in [-0.25, -0.2) is 12.7 Å². The van der Waals surface area contributed by atoms with E-state index in [1.54, 1.807) is 7.05 Å². The summed E-state index contributed by atoms with van der Waals surface area (Å²) in [5.74, 6) is -0.206. The smallest absolute Gasteiger partial charge is 0.237 e. The van der Waals surface area contributed by atoms with Crippen LogP contribution in [0.2, 0.25) is 0 Å². The summed E-state index contributed by atoms with van der Waals surface area (Å²) in [5.41, 5.74) is -0.389. The lowest BCUT2D eigenvalue weighted by Gasteiger charge is -2.33. The van der Waals surface area contributed by atoms with Gasteiger partial charge in [0.2, 0.25) is 15.9 Å². The second kappa shape index (κ2) is 4.09.